The molecule has 0 radical (unpaired) electrons. The van der Waals surface area contributed by atoms with Gasteiger partial charge in [-0.15, -0.1) is 0 Å². The Balaban J connectivity index is 1.84. The fraction of sp³-hybridized carbons (Fsp3) is 0.333. The first-order valence-electron chi connectivity index (χ1n) is 7.55. The van der Waals surface area contributed by atoms with Gasteiger partial charge in [0.05, 0.1) is 0 Å². The summed E-state index contributed by atoms with van der Waals surface area (Å²) in [5, 5.41) is 3.36. The lowest BCUT2D eigenvalue weighted by Crippen LogP contribution is -2.12. The summed E-state index contributed by atoms with van der Waals surface area (Å²) in [5.74, 6) is 1.86. The lowest BCUT2D eigenvalue weighted by molar-refractivity contribution is 0.472. The summed E-state index contributed by atoms with van der Waals surface area (Å²) in [6.45, 7) is 3.89. The van der Waals surface area contributed by atoms with Crippen molar-refractivity contribution in [1.29, 1.82) is 0 Å². The molecule has 2 aromatic carbocycles. The molecule has 21 heavy (non-hydrogen) atoms. The standard InChI is InChI=1S/C18H20BrNO/c1-2-20-12-15-6-8-16(19)11-18(15)21-17-9-7-13-4-3-5-14(13)10-17/h6-11,20H,2-5,12H2,1H3. The highest BCUT2D eigenvalue weighted by Crippen LogP contribution is 2.32. The third-order valence-corrected chi connectivity index (χ3v) is 4.39. The molecule has 110 valence electrons. The molecule has 3 heteroatoms. The maximum Gasteiger partial charge on any atom is 0.133 e. The van der Waals surface area contributed by atoms with Gasteiger partial charge in [0.1, 0.15) is 11.5 Å². The summed E-state index contributed by atoms with van der Waals surface area (Å²) in [6.07, 6.45) is 3.65. The van der Waals surface area contributed by atoms with Crippen LogP contribution in [0.15, 0.2) is 40.9 Å². The predicted molar refractivity (Wildman–Crippen MR) is 90.1 cm³/mol. The molecule has 0 atom stereocenters. The van der Waals surface area contributed by atoms with Crippen LogP contribution in [-0.2, 0) is 19.4 Å². The third kappa shape index (κ3) is 3.47. The van der Waals surface area contributed by atoms with Crippen LogP contribution in [0.5, 0.6) is 11.5 Å². The molecule has 2 aromatic rings. The smallest absolute Gasteiger partial charge is 0.133 e. The fourth-order valence-corrected chi connectivity index (χ4v) is 3.11. The molecule has 0 amide bonds. The minimum Gasteiger partial charge on any atom is -0.457 e. The van der Waals surface area contributed by atoms with Crippen molar-refractivity contribution < 1.29 is 4.74 Å². The van der Waals surface area contributed by atoms with Crippen molar-refractivity contribution in [2.45, 2.75) is 32.7 Å². The van der Waals surface area contributed by atoms with E-state index in [4.69, 9.17) is 4.74 Å². The summed E-state index contributed by atoms with van der Waals surface area (Å²) in [6, 6.07) is 12.7. The summed E-state index contributed by atoms with van der Waals surface area (Å²) >= 11 is 3.53. The van der Waals surface area contributed by atoms with Gasteiger partial charge in [0.15, 0.2) is 0 Å². The van der Waals surface area contributed by atoms with E-state index in [1.807, 2.05) is 6.07 Å². The zero-order valence-corrected chi connectivity index (χ0v) is 13.9. The molecule has 0 aromatic heterocycles. The molecule has 0 saturated heterocycles. The second-order valence-electron chi connectivity index (χ2n) is 5.42. The molecule has 3 rings (SSSR count). The Morgan fingerprint density at radius 2 is 1.95 bits per heavy atom. The molecule has 0 saturated carbocycles. The molecule has 0 spiro atoms. The molecule has 0 heterocycles. The highest BCUT2D eigenvalue weighted by molar-refractivity contribution is 9.10. The van der Waals surface area contributed by atoms with Crippen LogP contribution in [0.2, 0.25) is 0 Å². The van der Waals surface area contributed by atoms with Crippen molar-refractivity contribution >= 4 is 15.9 Å². The van der Waals surface area contributed by atoms with Gasteiger partial charge in [0.2, 0.25) is 0 Å². The van der Waals surface area contributed by atoms with Crippen LogP contribution < -0.4 is 10.1 Å². The second-order valence-corrected chi connectivity index (χ2v) is 6.33. The first-order valence-corrected chi connectivity index (χ1v) is 8.34. The van der Waals surface area contributed by atoms with Crippen molar-refractivity contribution in [3.63, 3.8) is 0 Å². The van der Waals surface area contributed by atoms with E-state index in [1.165, 1.54) is 36.0 Å². The van der Waals surface area contributed by atoms with Crippen LogP contribution >= 0.6 is 15.9 Å². The van der Waals surface area contributed by atoms with E-state index >= 15 is 0 Å². The minimum atomic E-state index is 0.823. The Morgan fingerprint density at radius 1 is 1.10 bits per heavy atom. The summed E-state index contributed by atoms with van der Waals surface area (Å²) < 4.78 is 7.18. The van der Waals surface area contributed by atoms with Crippen LogP contribution in [-0.4, -0.2) is 6.54 Å². The summed E-state index contributed by atoms with van der Waals surface area (Å²) in [7, 11) is 0. The Hall–Kier alpha value is -1.32. The maximum atomic E-state index is 6.14. The Morgan fingerprint density at radius 3 is 2.81 bits per heavy atom. The highest BCUT2D eigenvalue weighted by atomic mass is 79.9. The number of ether oxygens (including phenoxy) is 1. The first kappa shape index (κ1) is 14.6. The molecule has 0 bridgehead atoms. The number of nitrogens with one attached hydrogen (secondary N) is 1. The second kappa shape index (κ2) is 6.63. The normalized spacial score (nSPS) is 13.2. The quantitative estimate of drug-likeness (QED) is 0.836. The number of aryl methyl sites for hydroxylation is 2. The fourth-order valence-electron chi connectivity index (χ4n) is 2.77. The van der Waals surface area contributed by atoms with Crippen LogP contribution in [0.4, 0.5) is 0 Å². The number of halogens is 1. The number of rotatable bonds is 5. The van der Waals surface area contributed by atoms with Crippen molar-refractivity contribution in [2.75, 3.05) is 6.54 Å². The molecular weight excluding hydrogens is 326 g/mol. The SMILES string of the molecule is CCNCc1ccc(Br)cc1Oc1ccc2c(c1)CCC2. The van der Waals surface area contributed by atoms with Gasteiger partial charge in [0, 0.05) is 16.6 Å². The highest BCUT2D eigenvalue weighted by Gasteiger charge is 2.12. The minimum absolute atomic E-state index is 0.823. The molecule has 1 aliphatic rings. The average molecular weight is 346 g/mol. The van der Waals surface area contributed by atoms with Crippen LogP contribution in [0.25, 0.3) is 0 Å². The van der Waals surface area contributed by atoms with E-state index < -0.39 is 0 Å². The van der Waals surface area contributed by atoms with Crippen molar-refractivity contribution in [3.8, 4) is 11.5 Å². The summed E-state index contributed by atoms with van der Waals surface area (Å²) in [5.41, 5.74) is 4.10. The van der Waals surface area contributed by atoms with E-state index in [1.54, 1.807) is 0 Å². The van der Waals surface area contributed by atoms with Gasteiger partial charge in [-0.2, -0.15) is 0 Å². The molecule has 1 aliphatic carbocycles. The zero-order chi connectivity index (χ0) is 14.7. The third-order valence-electron chi connectivity index (χ3n) is 3.89. The Labute approximate surface area is 134 Å². The first-order chi connectivity index (χ1) is 10.3. The van der Waals surface area contributed by atoms with Crippen LogP contribution in [0.1, 0.15) is 30.0 Å². The van der Waals surface area contributed by atoms with E-state index in [9.17, 15) is 0 Å². The van der Waals surface area contributed by atoms with Crippen LogP contribution in [0, 0.1) is 0 Å². The van der Waals surface area contributed by atoms with E-state index in [0.29, 0.717) is 0 Å². The average Bonchev–Trinajstić information content (AvgIpc) is 2.94. The monoisotopic (exact) mass is 345 g/mol. The predicted octanol–water partition coefficient (Wildman–Crippen LogP) is 4.84. The van der Waals surface area contributed by atoms with Crippen LogP contribution in [0.3, 0.4) is 0 Å². The lowest BCUT2D eigenvalue weighted by atomic mass is 10.1. The molecule has 0 fully saturated rings. The lowest BCUT2D eigenvalue weighted by Gasteiger charge is -2.13. The molecular formula is C18H20BrNO. The van der Waals surface area contributed by atoms with Gasteiger partial charge in [-0.3, -0.25) is 0 Å². The van der Waals surface area contributed by atoms with E-state index in [-0.39, 0.29) is 0 Å². The zero-order valence-electron chi connectivity index (χ0n) is 12.3. The van der Waals surface area contributed by atoms with E-state index in [0.717, 1.165) is 29.1 Å². The van der Waals surface area contributed by atoms with Crippen molar-refractivity contribution in [1.82, 2.24) is 5.32 Å². The van der Waals surface area contributed by atoms with Gasteiger partial charge in [-0.25, -0.2) is 0 Å². The van der Waals surface area contributed by atoms with Crippen molar-refractivity contribution in [2.24, 2.45) is 0 Å². The molecule has 0 aliphatic heterocycles. The Bertz CT molecular complexity index is 639. The summed E-state index contributed by atoms with van der Waals surface area (Å²) in [4.78, 5) is 0. The van der Waals surface area contributed by atoms with Gasteiger partial charge in [-0.1, -0.05) is 35.0 Å². The Kier molecular flexibility index (Phi) is 4.61. The maximum absolute atomic E-state index is 6.14. The largest absolute Gasteiger partial charge is 0.457 e. The number of hydrogen-bond acceptors (Lipinski definition) is 2. The van der Waals surface area contributed by atoms with Gasteiger partial charge in [-0.05, 0) is 61.2 Å². The van der Waals surface area contributed by atoms with Gasteiger partial charge in [0.25, 0.3) is 0 Å². The topological polar surface area (TPSA) is 21.3 Å². The molecule has 1 N–H and O–H groups in total. The van der Waals surface area contributed by atoms with Gasteiger partial charge >= 0.3 is 0 Å². The van der Waals surface area contributed by atoms with Crippen molar-refractivity contribution in [3.05, 3.63) is 57.6 Å². The molecule has 2 nitrogen and oxygen atoms in total. The van der Waals surface area contributed by atoms with E-state index in [2.05, 4.69) is 58.5 Å². The number of benzene rings is 2. The van der Waals surface area contributed by atoms with Gasteiger partial charge < -0.3 is 10.1 Å². The number of hydrogen-bond donors (Lipinski definition) is 1. The number of fused-ring (bicyclic) bond motifs is 1. The molecule has 0 unspecified atom stereocenters.